The second-order valence-electron chi connectivity index (χ2n) is 6.49. The van der Waals surface area contributed by atoms with Crippen LogP contribution in [0.25, 0.3) is 0 Å². The Morgan fingerprint density at radius 2 is 2.00 bits per heavy atom. The summed E-state index contributed by atoms with van der Waals surface area (Å²) in [6, 6.07) is 0. The van der Waals surface area contributed by atoms with Gasteiger partial charge in [0.05, 0.1) is 12.7 Å². The van der Waals surface area contributed by atoms with E-state index in [1.165, 1.54) is 19.3 Å². The van der Waals surface area contributed by atoms with E-state index in [0.29, 0.717) is 17.9 Å². The molecule has 100 valence electrons. The molecule has 2 heterocycles. The van der Waals surface area contributed by atoms with Gasteiger partial charge in [-0.1, -0.05) is 0 Å². The lowest BCUT2D eigenvalue weighted by atomic mass is 9.85. The molecule has 0 aromatic rings. The normalized spacial score (nSPS) is 35.1. The quantitative estimate of drug-likeness (QED) is 0.822. The maximum atomic E-state index is 6.02. The third kappa shape index (κ3) is 3.94. The predicted octanol–water partition coefficient (Wildman–Crippen LogP) is 2.21. The summed E-state index contributed by atoms with van der Waals surface area (Å²) in [5, 5.41) is 3.62. The van der Waals surface area contributed by atoms with Gasteiger partial charge in [-0.25, -0.2) is 0 Å². The van der Waals surface area contributed by atoms with Crippen molar-refractivity contribution in [2.75, 3.05) is 26.4 Å². The van der Waals surface area contributed by atoms with Crippen LogP contribution in [0.5, 0.6) is 0 Å². The van der Waals surface area contributed by atoms with Gasteiger partial charge in [-0.05, 0) is 46.0 Å². The molecule has 0 saturated carbocycles. The largest absolute Gasteiger partial charge is 0.381 e. The van der Waals surface area contributed by atoms with Crippen LogP contribution in [0.2, 0.25) is 0 Å². The zero-order valence-electron chi connectivity index (χ0n) is 11.5. The van der Waals surface area contributed by atoms with Crippen molar-refractivity contribution >= 4 is 0 Å². The van der Waals surface area contributed by atoms with Crippen LogP contribution in [0.3, 0.4) is 0 Å². The van der Waals surface area contributed by atoms with Crippen LogP contribution in [0, 0.1) is 11.8 Å². The minimum atomic E-state index is 0.203. The van der Waals surface area contributed by atoms with E-state index < -0.39 is 0 Å². The van der Waals surface area contributed by atoms with Gasteiger partial charge in [0.25, 0.3) is 0 Å². The fourth-order valence-corrected chi connectivity index (χ4v) is 2.85. The summed E-state index contributed by atoms with van der Waals surface area (Å²) < 4.78 is 11.5. The highest BCUT2D eigenvalue weighted by atomic mass is 16.5. The van der Waals surface area contributed by atoms with Crippen LogP contribution in [-0.4, -0.2) is 38.0 Å². The van der Waals surface area contributed by atoms with Crippen LogP contribution in [0.1, 0.15) is 40.0 Å². The average molecular weight is 241 g/mol. The molecular formula is C14H27NO2. The lowest BCUT2D eigenvalue weighted by Gasteiger charge is -2.37. The van der Waals surface area contributed by atoms with Gasteiger partial charge in [0.1, 0.15) is 0 Å². The molecule has 2 saturated heterocycles. The molecule has 0 aliphatic carbocycles. The summed E-state index contributed by atoms with van der Waals surface area (Å²) in [5.74, 6) is 1.29. The molecule has 3 heteroatoms. The van der Waals surface area contributed by atoms with Crippen molar-refractivity contribution in [1.82, 2.24) is 5.32 Å². The molecule has 0 amide bonds. The van der Waals surface area contributed by atoms with Crippen molar-refractivity contribution in [1.29, 1.82) is 0 Å². The smallest absolute Gasteiger partial charge is 0.0666 e. The number of nitrogens with one attached hydrogen (secondary N) is 1. The van der Waals surface area contributed by atoms with E-state index in [-0.39, 0.29) is 5.54 Å². The molecule has 2 rings (SSSR count). The number of ether oxygens (including phenoxy) is 2. The first-order chi connectivity index (χ1) is 8.06. The fourth-order valence-electron chi connectivity index (χ4n) is 2.85. The maximum absolute atomic E-state index is 6.02. The Kier molecular flexibility index (Phi) is 4.45. The zero-order chi connectivity index (χ0) is 12.3. The Hall–Kier alpha value is -0.120. The van der Waals surface area contributed by atoms with Crippen molar-refractivity contribution in [2.45, 2.75) is 51.7 Å². The monoisotopic (exact) mass is 241 g/mol. The molecule has 17 heavy (non-hydrogen) atoms. The van der Waals surface area contributed by atoms with Gasteiger partial charge in [0.2, 0.25) is 0 Å². The molecule has 0 spiro atoms. The van der Waals surface area contributed by atoms with Gasteiger partial charge in [-0.2, -0.15) is 0 Å². The van der Waals surface area contributed by atoms with E-state index in [2.05, 4.69) is 26.1 Å². The van der Waals surface area contributed by atoms with Gasteiger partial charge < -0.3 is 14.8 Å². The van der Waals surface area contributed by atoms with E-state index >= 15 is 0 Å². The minimum absolute atomic E-state index is 0.203. The van der Waals surface area contributed by atoms with Crippen LogP contribution < -0.4 is 5.32 Å². The summed E-state index contributed by atoms with van der Waals surface area (Å²) in [7, 11) is 0. The van der Waals surface area contributed by atoms with Gasteiger partial charge >= 0.3 is 0 Å². The minimum Gasteiger partial charge on any atom is -0.381 e. The van der Waals surface area contributed by atoms with E-state index in [0.717, 1.165) is 26.4 Å². The predicted molar refractivity (Wildman–Crippen MR) is 69.1 cm³/mol. The number of rotatable bonds is 3. The molecule has 1 N–H and O–H groups in total. The fraction of sp³-hybridized carbons (Fsp3) is 1.00. The molecule has 2 aliphatic rings. The Morgan fingerprint density at radius 1 is 1.18 bits per heavy atom. The molecule has 0 aromatic carbocycles. The van der Waals surface area contributed by atoms with Crippen LogP contribution >= 0.6 is 0 Å². The first kappa shape index (κ1) is 13.3. The Balaban J connectivity index is 1.87. The zero-order valence-corrected chi connectivity index (χ0v) is 11.5. The maximum Gasteiger partial charge on any atom is 0.0666 e. The lowest BCUT2D eigenvalue weighted by Crippen LogP contribution is -2.46. The van der Waals surface area contributed by atoms with Crippen molar-refractivity contribution in [2.24, 2.45) is 11.8 Å². The van der Waals surface area contributed by atoms with Crippen molar-refractivity contribution in [3.05, 3.63) is 0 Å². The first-order valence-electron chi connectivity index (χ1n) is 7.00. The summed E-state index contributed by atoms with van der Waals surface area (Å²) in [6.07, 6.45) is 4.10. The SMILES string of the molecule is CC(C)(C)NCC1CCCOC1C1CCOC1. The van der Waals surface area contributed by atoms with Crippen molar-refractivity contribution < 1.29 is 9.47 Å². The topological polar surface area (TPSA) is 30.5 Å². The summed E-state index contributed by atoms with van der Waals surface area (Å²) >= 11 is 0. The van der Waals surface area contributed by atoms with Crippen molar-refractivity contribution in [3.8, 4) is 0 Å². The van der Waals surface area contributed by atoms with Gasteiger partial charge in [-0.3, -0.25) is 0 Å². The molecule has 0 bridgehead atoms. The number of hydrogen-bond donors (Lipinski definition) is 1. The Bertz CT molecular complexity index is 231. The van der Waals surface area contributed by atoms with Crippen LogP contribution in [0.15, 0.2) is 0 Å². The third-order valence-electron chi connectivity index (χ3n) is 3.82. The van der Waals surface area contributed by atoms with Gasteiger partial charge in [-0.15, -0.1) is 0 Å². The molecule has 2 aliphatic heterocycles. The summed E-state index contributed by atoms with van der Waals surface area (Å²) in [4.78, 5) is 0. The van der Waals surface area contributed by atoms with Gasteiger partial charge in [0, 0.05) is 31.2 Å². The van der Waals surface area contributed by atoms with E-state index in [1.807, 2.05) is 0 Å². The van der Waals surface area contributed by atoms with Crippen molar-refractivity contribution in [3.63, 3.8) is 0 Å². The van der Waals surface area contributed by atoms with E-state index in [4.69, 9.17) is 9.47 Å². The average Bonchev–Trinajstić information content (AvgIpc) is 2.79. The Morgan fingerprint density at radius 3 is 2.65 bits per heavy atom. The van der Waals surface area contributed by atoms with E-state index in [9.17, 15) is 0 Å². The Labute approximate surface area is 105 Å². The molecule has 0 radical (unpaired) electrons. The molecule has 3 atom stereocenters. The molecule has 3 unspecified atom stereocenters. The highest BCUT2D eigenvalue weighted by Gasteiger charge is 2.35. The molecule has 2 fully saturated rings. The lowest BCUT2D eigenvalue weighted by molar-refractivity contribution is -0.0618. The number of hydrogen-bond acceptors (Lipinski definition) is 3. The molecule has 0 aromatic heterocycles. The third-order valence-corrected chi connectivity index (χ3v) is 3.82. The standard InChI is InChI=1S/C14H27NO2/c1-14(2,3)15-9-11-5-4-7-17-13(11)12-6-8-16-10-12/h11-13,15H,4-10H2,1-3H3. The first-order valence-corrected chi connectivity index (χ1v) is 7.00. The second-order valence-corrected chi connectivity index (χ2v) is 6.49. The van der Waals surface area contributed by atoms with E-state index in [1.54, 1.807) is 0 Å². The van der Waals surface area contributed by atoms with Crippen LogP contribution in [0.4, 0.5) is 0 Å². The molecular weight excluding hydrogens is 214 g/mol. The van der Waals surface area contributed by atoms with Gasteiger partial charge in [0.15, 0.2) is 0 Å². The summed E-state index contributed by atoms with van der Waals surface area (Å²) in [5.41, 5.74) is 0.203. The van der Waals surface area contributed by atoms with Crippen LogP contribution in [-0.2, 0) is 9.47 Å². The summed E-state index contributed by atoms with van der Waals surface area (Å²) in [6.45, 7) is 10.5. The highest BCUT2D eigenvalue weighted by Crippen LogP contribution is 2.30. The highest BCUT2D eigenvalue weighted by molar-refractivity contribution is 4.86. The second kappa shape index (κ2) is 5.68. The molecule has 3 nitrogen and oxygen atoms in total.